The van der Waals surface area contributed by atoms with Gasteiger partial charge in [-0.15, -0.1) is 0 Å². The number of hydrogen-bond donors (Lipinski definition) is 1. The smallest absolute Gasteiger partial charge is 0.328 e. The molecule has 4 nitrogen and oxygen atoms in total. The highest BCUT2D eigenvalue weighted by Crippen LogP contribution is 2.04. The maximum absolute atomic E-state index is 10.4. The van der Waals surface area contributed by atoms with Crippen molar-refractivity contribution >= 4 is 10.1 Å². The number of nitrogens with zero attached hydrogens (tertiary/aromatic N) is 1. The van der Waals surface area contributed by atoms with E-state index in [1.54, 1.807) is 0 Å². The summed E-state index contributed by atoms with van der Waals surface area (Å²) in [5.41, 5.74) is 0. The number of unbranched alkanes of at least 4 members (excludes halogenated alkanes) is 1. The summed E-state index contributed by atoms with van der Waals surface area (Å²) in [7, 11) is 0.511. The van der Waals surface area contributed by atoms with E-state index in [4.69, 9.17) is 4.55 Å². The zero-order valence-corrected chi connectivity index (χ0v) is 10.2. The van der Waals surface area contributed by atoms with E-state index in [0.29, 0.717) is 6.42 Å². The predicted molar refractivity (Wildman–Crippen MR) is 58.9 cm³/mol. The molecule has 0 rings (SSSR count). The van der Waals surface area contributed by atoms with Gasteiger partial charge in [0.1, 0.15) is 0 Å². The van der Waals surface area contributed by atoms with Crippen LogP contribution in [0.4, 0.5) is 0 Å². The molecule has 0 saturated carbocycles. The van der Waals surface area contributed by atoms with Crippen LogP contribution in [0, 0.1) is 0 Å². The lowest BCUT2D eigenvalue weighted by molar-refractivity contribution is -0.890. The summed E-state index contributed by atoms with van der Waals surface area (Å²) in [6.07, 6.45) is 2.52. The van der Waals surface area contributed by atoms with E-state index in [1.807, 2.05) is 0 Å². The largest absolute Gasteiger partial charge is 1.00 e. The molecule has 0 heterocycles. The monoisotopic (exact) mass is 225 g/mol. The molecule has 14 heavy (non-hydrogen) atoms. The van der Waals surface area contributed by atoms with Gasteiger partial charge in [-0.2, -0.15) is 8.42 Å². The van der Waals surface area contributed by atoms with Crippen molar-refractivity contribution < 1.29 is 18.9 Å². The molecule has 0 saturated heterocycles. The van der Waals surface area contributed by atoms with Gasteiger partial charge in [0.2, 0.25) is 0 Å². The number of rotatable bonds is 7. The standard InChI is InChI=1S/C9H21NO3S/c1-4-7-10(2,3)8-5-6-9-14(11,12)13/h4-9H2,1-3H3/p+2. The molecule has 0 aliphatic heterocycles. The molecule has 0 aromatic heterocycles. The molecule has 0 atom stereocenters. The van der Waals surface area contributed by atoms with Crippen LogP contribution in [-0.2, 0) is 10.1 Å². The highest BCUT2D eigenvalue weighted by atomic mass is 32.2. The van der Waals surface area contributed by atoms with Crippen LogP contribution in [0.25, 0.3) is 0 Å². The maximum atomic E-state index is 10.4. The van der Waals surface area contributed by atoms with E-state index >= 15 is 0 Å². The first-order valence-corrected chi connectivity index (χ1v) is 6.65. The highest BCUT2D eigenvalue weighted by Gasteiger charge is 2.13. The minimum absolute atomic E-state index is 0. The van der Waals surface area contributed by atoms with E-state index in [0.717, 1.165) is 30.4 Å². The summed E-state index contributed by atoms with van der Waals surface area (Å²) in [4.78, 5) is 0. The Morgan fingerprint density at radius 3 is 2.21 bits per heavy atom. The van der Waals surface area contributed by atoms with Crippen LogP contribution in [0.3, 0.4) is 0 Å². The molecule has 0 aromatic carbocycles. The fourth-order valence-electron chi connectivity index (χ4n) is 1.54. The zero-order valence-electron chi connectivity index (χ0n) is 10.4. The van der Waals surface area contributed by atoms with E-state index in [9.17, 15) is 8.42 Å². The normalized spacial score (nSPS) is 13.1. The van der Waals surface area contributed by atoms with Gasteiger partial charge in [0.15, 0.2) is 0 Å². The van der Waals surface area contributed by atoms with Crippen molar-refractivity contribution in [1.29, 1.82) is 0 Å². The second kappa shape index (κ2) is 5.68. The summed E-state index contributed by atoms with van der Waals surface area (Å²) in [5.74, 6) is -0.112. The van der Waals surface area contributed by atoms with Crippen molar-refractivity contribution in [3.05, 3.63) is 0 Å². The molecule has 0 unspecified atom stereocenters. The highest BCUT2D eigenvalue weighted by molar-refractivity contribution is 7.85. The average Bonchev–Trinajstić information content (AvgIpc) is 1.96. The Morgan fingerprint density at radius 1 is 1.21 bits per heavy atom. The summed E-state index contributed by atoms with van der Waals surface area (Å²) in [6.45, 7) is 4.20. The van der Waals surface area contributed by atoms with E-state index in [2.05, 4.69) is 21.0 Å². The third-order valence-corrected chi connectivity index (χ3v) is 3.05. The van der Waals surface area contributed by atoms with Gasteiger partial charge in [0, 0.05) is 0 Å². The van der Waals surface area contributed by atoms with Crippen molar-refractivity contribution in [2.24, 2.45) is 0 Å². The van der Waals surface area contributed by atoms with Crippen molar-refractivity contribution in [2.45, 2.75) is 26.2 Å². The lowest BCUT2D eigenvalue weighted by Gasteiger charge is -2.29. The van der Waals surface area contributed by atoms with Crippen LogP contribution >= 0.6 is 0 Å². The molecule has 86 valence electrons. The number of hydrogen-bond acceptors (Lipinski definition) is 2. The Bertz CT molecular complexity index is 252. The second-order valence-electron chi connectivity index (χ2n) is 4.38. The van der Waals surface area contributed by atoms with Crippen molar-refractivity contribution in [3.8, 4) is 0 Å². The van der Waals surface area contributed by atoms with Crippen molar-refractivity contribution in [2.75, 3.05) is 32.9 Å². The molecule has 0 radical (unpaired) electrons. The SMILES string of the molecule is CCC[N+](C)(C)CCCCS(=O)(=O)O.[H+]. The van der Waals surface area contributed by atoms with Crippen LogP contribution in [0.5, 0.6) is 0 Å². The summed E-state index contributed by atoms with van der Waals surface area (Å²) in [5, 5.41) is 0. The summed E-state index contributed by atoms with van der Waals surface area (Å²) >= 11 is 0. The quantitative estimate of drug-likeness (QED) is 0.403. The Balaban J connectivity index is 0. The van der Waals surface area contributed by atoms with Crippen LogP contribution in [0.2, 0.25) is 0 Å². The molecule has 0 aromatic rings. The van der Waals surface area contributed by atoms with E-state index in [-0.39, 0.29) is 7.18 Å². The molecule has 0 aliphatic carbocycles. The first-order valence-electron chi connectivity index (χ1n) is 5.04. The van der Waals surface area contributed by atoms with Gasteiger partial charge >= 0.3 is 1.43 Å². The lowest BCUT2D eigenvalue weighted by Crippen LogP contribution is -2.41. The minimum atomic E-state index is -3.76. The molecule has 5 heteroatoms. The van der Waals surface area contributed by atoms with Crippen molar-refractivity contribution in [1.82, 2.24) is 0 Å². The third-order valence-electron chi connectivity index (χ3n) is 2.24. The van der Waals surface area contributed by atoms with Crippen LogP contribution in [0.15, 0.2) is 0 Å². The van der Waals surface area contributed by atoms with Crippen LogP contribution in [0.1, 0.15) is 27.6 Å². The Kier molecular flexibility index (Phi) is 5.63. The topological polar surface area (TPSA) is 54.4 Å². The molecule has 0 amide bonds. The van der Waals surface area contributed by atoms with Gasteiger partial charge in [-0.1, -0.05) is 6.92 Å². The molecular weight excluding hydrogens is 202 g/mol. The molecular formula is C9H23NO3S+2. The Hall–Kier alpha value is -0.130. The van der Waals surface area contributed by atoms with Gasteiger partial charge in [-0.05, 0) is 19.3 Å². The van der Waals surface area contributed by atoms with E-state index < -0.39 is 10.1 Å². The van der Waals surface area contributed by atoms with Crippen molar-refractivity contribution in [3.63, 3.8) is 0 Å². The van der Waals surface area contributed by atoms with Gasteiger partial charge in [-0.25, -0.2) is 0 Å². The molecule has 0 aliphatic rings. The fourth-order valence-corrected chi connectivity index (χ4v) is 2.11. The molecule has 0 bridgehead atoms. The van der Waals surface area contributed by atoms with E-state index in [1.165, 1.54) is 0 Å². The predicted octanol–water partition coefficient (Wildman–Crippen LogP) is 1.25. The maximum Gasteiger partial charge on any atom is 1.00 e. The van der Waals surface area contributed by atoms with Gasteiger partial charge in [0.05, 0.1) is 32.9 Å². The fraction of sp³-hybridized carbons (Fsp3) is 1.00. The minimum Gasteiger partial charge on any atom is -0.328 e. The molecule has 0 spiro atoms. The van der Waals surface area contributed by atoms with Gasteiger partial charge < -0.3 is 4.48 Å². The summed E-state index contributed by atoms with van der Waals surface area (Å²) < 4.78 is 30.3. The van der Waals surface area contributed by atoms with Gasteiger partial charge in [-0.3, -0.25) is 4.55 Å². The lowest BCUT2D eigenvalue weighted by atomic mass is 10.3. The molecule has 0 fully saturated rings. The number of quaternary nitrogens is 1. The first-order chi connectivity index (χ1) is 6.27. The zero-order chi connectivity index (χ0) is 11.2. The van der Waals surface area contributed by atoms with Gasteiger partial charge in [0.25, 0.3) is 10.1 Å². The molecule has 1 N–H and O–H groups in total. The third kappa shape index (κ3) is 8.47. The van der Waals surface area contributed by atoms with Crippen LogP contribution < -0.4 is 0 Å². The Morgan fingerprint density at radius 2 is 1.79 bits per heavy atom. The Labute approximate surface area is 88.7 Å². The average molecular weight is 225 g/mol. The second-order valence-corrected chi connectivity index (χ2v) is 5.95. The first kappa shape index (κ1) is 13.9. The summed E-state index contributed by atoms with van der Waals surface area (Å²) in [6, 6.07) is 0. The van der Waals surface area contributed by atoms with Crippen LogP contribution in [-0.4, -0.2) is 50.4 Å².